The van der Waals surface area contributed by atoms with Crippen molar-refractivity contribution in [2.45, 2.75) is 49.6 Å². The van der Waals surface area contributed by atoms with Gasteiger partial charge in [-0.25, -0.2) is 4.79 Å². The number of benzene rings is 1. The lowest BCUT2D eigenvalue weighted by Crippen LogP contribution is -2.52. The van der Waals surface area contributed by atoms with Crippen molar-refractivity contribution < 1.29 is 24.2 Å². The van der Waals surface area contributed by atoms with Gasteiger partial charge in [-0.3, -0.25) is 14.6 Å². The number of amides is 3. The Morgan fingerprint density at radius 3 is 2.91 bits per heavy atom. The van der Waals surface area contributed by atoms with Gasteiger partial charge in [0.15, 0.2) is 0 Å². The zero-order valence-electron chi connectivity index (χ0n) is 19.1. The second kappa shape index (κ2) is 12.8. The Hall–Kier alpha value is -3.27. The SMILES string of the molecule is C[C@@H]1COc2ccccc2-c2cncc(c2)SCCCC[C@H](NC(=O)NCCC(=O)O)C(=O)N1. The van der Waals surface area contributed by atoms with Gasteiger partial charge < -0.3 is 25.8 Å². The van der Waals surface area contributed by atoms with Crippen LogP contribution < -0.4 is 20.7 Å². The number of hydrogen-bond acceptors (Lipinski definition) is 6. The molecule has 1 aliphatic rings. The first kappa shape index (κ1) is 25.4. The van der Waals surface area contributed by atoms with Gasteiger partial charge in [0.25, 0.3) is 0 Å². The fourth-order valence-corrected chi connectivity index (χ4v) is 4.41. The molecule has 3 amide bonds. The van der Waals surface area contributed by atoms with Crippen molar-refractivity contribution in [1.29, 1.82) is 0 Å². The van der Waals surface area contributed by atoms with Gasteiger partial charge in [0.2, 0.25) is 5.91 Å². The van der Waals surface area contributed by atoms with Crippen LogP contribution in [0.15, 0.2) is 47.6 Å². The van der Waals surface area contributed by atoms with E-state index in [2.05, 4.69) is 27.0 Å². The zero-order valence-corrected chi connectivity index (χ0v) is 19.9. The number of rotatable bonds is 4. The Morgan fingerprint density at radius 2 is 2.09 bits per heavy atom. The van der Waals surface area contributed by atoms with Crippen LogP contribution in [0.2, 0.25) is 0 Å². The molecule has 9 nitrogen and oxygen atoms in total. The molecule has 182 valence electrons. The summed E-state index contributed by atoms with van der Waals surface area (Å²) >= 11 is 1.69. The highest BCUT2D eigenvalue weighted by atomic mass is 32.2. The largest absolute Gasteiger partial charge is 0.491 e. The Balaban J connectivity index is 1.72. The molecule has 10 heteroatoms. The molecule has 1 aliphatic heterocycles. The van der Waals surface area contributed by atoms with Gasteiger partial charge in [0.1, 0.15) is 18.4 Å². The van der Waals surface area contributed by atoms with Gasteiger partial charge in [-0.1, -0.05) is 24.6 Å². The second-order valence-electron chi connectivity index (χ2n) is 8.07. The lowest BCUT2D eigenvalue weighted by atomic mass is 10.1. The number of carboxylic acids is 1. The van der Waals surface area contributed by atoms with Crippen molar-refractivity contribution in [2.24, 2.45) is 0 Å². The van der Waals surface area contributed by atoms with E-state index in [4.69, 9.17) is 9.84 Å². The summed E-state index contributed by atoms with van der Waals surface area (Å²) in [7, 11) is 0. The van der Waals surface area contributed by atoms with Crippen LogP contribution in [0.4, 0.5) is 4.79 Å². The third kappa shape index (κ3) is 7.95. The maximum atomic E-state index is 12.9. The number of urea groups is 1. The van der Waals surface area contributed by atoms with E-state index in [0.717, 1.165) is 34.6 Å². The minimum atomic E-state index is -1.00. The molecule has 0 saturated carbocycles. The number of carbonyl (C=O) groups is 3. The average molecular weight is 487 g/mol. The molecule has 4 N–H and O–H groups in total. The van der Waals surface area contributed by atoms with E-state index < -0.39 is 18.0 Å². The minimum absolute atomic E-state index is 0.0110. The molecule has 0 radical (unpaired) electrons. The highest BCUT2D eigenvalue weighted by molar-refractivity contribution is 7.99. The van der Waals surface area contributed by atoms with Crippen LogP contribution in [-0.2, 0) is 9.59 Å². The van der Waals surface area contributed by atoms with E-state index in [-0.39, 0.29) is 31.5 Å². The Bertz CT molecular complexity index is 1000. The maximum Gasteiger partial charge on any atom is 0.315 e. The number of nitrogens with one attached hydrogen (secondary N) is 3. The average Bonchev–Trinajstić information content (AvgIpc) is 2.81. The molecule has 3 rings (SSSR count). The molecular formula is C24H30N4O5S. The van der Waals surface area contributed by atoms with Crippen LogP contribution in [0.1, 0.15) is 32.6 Å². The van der Waals surface area contributed by atoms with Crippen LogP contribution in [0.5, 0.6) is 5.75 Å². The van der Waals surface area contributed by atoms with Crippen molar-refractivity contribution in [1.82, 2.24) is 20.9 Å². The van der Waals surface area contributed by atoms with Crippen molar-refractivity contribution >= 4 is 29.7 Å². The van der Waals surface area contributed by atoms with E-state index in [1.165, 1.54) is 0 Å². The fourth-order valence-electron chi connectivity index (χ4n) is 3.48. The molecule has 1 aromatic carbocycles. The normalized spacial score (nSPS) is 19.1. The van der Waals surface area contributed by atoms with E-state index in [9.17, 15) is 14.4 Å². The summed E-state index contributed by atoms with van der Waals surface area (Å²) in [6.07, 6.45) is 5.53. The Kier molecular flexibility index (Phi) is 9.57. The molecule has 0 fully saturated rings. The van der Waals surface area contributed by atoms with Crippen molar-refractivity contribution in [3.63, 3.8) is 0 Å². The summed E-state index contributed by atoms with van der Waals surface area (Å²) in [5, 5.41) is 16.8. The molecule has 2 bridgehead atoms. The van der Waals surface area contributed by atoms with Gasteiger partial charge in [-0.15, -0.1) is 11.8 Å². The molecule has 1 aromatic heterocycles. The highest BCUT2D eigenvalue weighted by Gasteiger charge is 2.22. The third-order valence-corrected chi connectivity index (χ3v) is 6.24. The molecule has 2 atom stereocenters. The molecule has 2 heterocycles. The number of hydrogen-bond donors (Lipinski definition) is 4. The molecule has 0 saturated heterocycles. The van der Waals surface area contributed by atoms with Gasteiger partial charge in [-0.2, -0.15) is 0 Å². The first-order chi connectivity index (χ1) is 16.4. The van der Waals surface area contributed by atoms with Gasteiger partial charge >= 0.3 is 12.0 Å². The number of carboxylic acid groups (broad SMARTS) is 1. The summed E-state index contributed by atoms with van der Waals surface area (Å²) < 4.78 is 6.03. The standard InChI is InChI=1S/C24H30N4O5S/c1-16-15-33-21-8-3-2-6-19(21)17-12-18(14-25-13-17)34-11-5-4-7-20(23(31)27-16)28-24(32)26-10-9-22(29)30/h2-3,6,8,12-14,16,20H,4-5,7,9-11,15H2,1H3,(H,27,31)(H,29,30)(H2,26,28,32)/t16-,20+/m1/s1. The number of carbonyl (C=O) groups excluding carboxylic acids is 2. The van der Waals surface area contributed by atoms with Crippen molar-refractivity contribution in [2.75, 3.05) is 18.9 Å². The van der Waals surface area contributed by atoms with Crippen LogP contribution in [0.25, 0.3) is 11.1 Å². The van der Waals surface area contributed by atoms with E-state index in [0.29, 0.717) is 12.2 Å². The second-order valence-corrected chi connectivity index (χ2v) is 9.24. The lowest BCUT2D eigenvalue weighted by molar-refractivity contribution is -0.136. The maximum absolute atomic E-state index is 12.9. The number of thioether (sulfide) groups is 1. The molecule has 0 unspecified atom stereocenters. The van der Waals surface area contributed by atoms with Gasteiger partial charge in [-0.05, 0) is 37.7 Å². The summed E-state index contributed by atoms with van der Waals surface area (Å²) in [4.78, 5) is 41.2. The quantitative estimate of drug-likeness (QED) is 0.523. The van der Waals surface area contributed by atoms with E-state index in [1.807, 2.05) is 43.6 Å². The smallest absolute Gasteiger partial charge is 0.315 e. The topological polar surface area (TPSA) is 130 Å². The monoisotopic (exact) mass is 486 g/mol. The number of nitrogens with zero attached hydrogens (tertiary/aromatic N) is 1. The number of aliphatic carboxylic acids is 1. The van der Waals surface area contributed by atoms with Crippen LogP contribution in [0.3, 0.4) is 0 Å². The molecule has 2 aromatic rings. The number of fused-ring (bicyclic) bond motifs is 4. The van der Waals surface area contributed by atoms with Crippen LogP contribution in [0, 0.1) is 0 Å². The van der Waals surface area contributed by atoms with Gasteiger partial charge in [0.05, 0.1) is 12.5 Å². The van der Waals surface area contributed by atoms with Crippen molar-refractivity contribution in [3.8, 4) is 16.9 Å². The molecular weight excluding hydrogens is 456 g/mol. The number of aromatic nitrogens is 1. The summed E-state index contributed by atoms with van der Waals surface area (Å²) in [5.74, 6) is 0.245. The molecule has 34 heavy (non-hydrogen) atoms. The fraction of sp³-hybridized carbons (Fsp3) is 0.417. The number of ether oxygens (including phenoxy) is 1. The van der Waals surface area contributed by atoms with Crippen LogP contribution in [-0.4, -0.2) is 59.0 Å². The predicted octanol–water partition coefficient (Wildman–Crippen LogP) is 3.05. The third-order valence-electron chi connectivity index (χ3n) is 5.19. The van der Waals surface area contributed by atoms with Gasteiger partial charge in [0, 0.05) is 35.0 Å². The molecule has 0 aliphatic carbocycles. The minimum Gasteiger partial charge on any atom is -0.491 e. The summed E-state index contributed by atoms with van der Waals surface area (Å²) in [5.41, 5.74) is 1.91. The predicted molar refractivity (Wildman–Crippen MR) is 130 cm³/mol. The number of para-hydroxylation sites is 1. The van der Waals surface area contributed by atoms with E-state index >= 15 is 0 Å². The first-order valence-electron chi connectivity index (χ1n) is 11.3. The Morgan fingerprint density at radius 1 is 1.26 bits per heavy atom. The van der Waals surface area contributed by atoms with Crippen LogP contribution >= 0.6 is 11.8 Å². The first-order valence-corrected chi connectivity index (χ1v) is 12.3. The van der Waals surface area contributed by atoms with Crippen molar-refractivity contribution in [3.05, 3.63) is 42.7 Å². The lowest BCUT2D eigenvalue weighted by Gasteiger charge is -2.22. The number of pyridine rings is 1. The van der Waals surface area contributed by atoms with E-state index in [1.54, 1.807) is 11.8 Å². The summed E-state index contributed by atoms with van der Waals surface area (Å²) in [6.45, 7) is 2.08. The molecule has 0 spiro atoms. The summed E-state index contributed by atoms with van der Waals surface area (Å²) in [6, 6.07) is 8.22. The zero-order chi connectivity index (χ0) is 24.3. The highest BCUT2D eigenvalue weighted by Crippen LogP contribution is 2.32. The Labute approximate surface area is 203 Å².